The largest absolute Gasteiger partial charge is 0.489 e. The van der Waals surface area contributed by atoms with Crippen molar-refractivity contribution in [1.82, 2.24) is 15.0 Å². The van der Waals surface area contributed by atoms with Gasteiger partial charge in [-0.15, -0.1) is 0 Å². The van der Waals surface area contributed by atoms with Gasteiger partial charge in [0.15, 0.2) is 5.65 Å². The first-order valence-electron chi connectivity index (χ1n) is 10.3. The molecule has 3 aromatic rings. The number of halogens is 3. The number of imidazole rings is 1. The molecule has 1 saturated heterocycles. The summed E-state index contributed by atoms with van der Waals surface area (Å²) < 4.78 is 5.97. The van der Waals surface area contributed by atoms with Crippen molar-refractivity contribution < 1.29 is 4.74 Å². The first kappa shape index (κ1) is 21.5. The van der Waals surface area contributed by atoms with Crippen molar-refractivity contribution in [1.29, 1.82) is 0 Å². The van der Waals surface area contributed by atoms with Gasteiger partial charge in [0, 0.05) is 18.1 Å². The number of H-pyrrole nitrogens is 1. The molecule has 1 fully saturated rings. The molecule has 8 heteroatoms. The van der Waals surface area contributed by atoms with Gasteiger partial charge in [0.25, 0.3) is 0 Å². The first-order chi connectivity index (χ1) is 14.4. The molecule has 4 rings (SSSR count). The minimum absolute atomic E-state index is 0.0581. The van der Waals surface area contributed by atoms with E-state index in [1.165, 1.54) is 6.42 Å². The highest BCUT2D eigenvalue weighted by atomic mass is 35.5. The molecular weight excluding hydrogens is 443 g/mol. The Kier molecular flexibility index (Phi) is 6.61. The van der Waals surface area contributed by atoms with E-state index >= 15 is 0 Å². The highest BCUT2D eigenvalue weighted by Gasteiger charge is 2.23. The van der Waals surface area contributed by atoms with Crippen LogP contribution in [0.3, 0.4) is 0 Å². The molecule has 0 amide bonds. The molecule has 1 aromatic carbocycles. The van der Waals surface area contributed by atoms with E-state index in [9.17, 15) is 0 Å². The number of pyridine rings is 1. The van der Waals surface area contributed by atoms with E-state index < -0.39 is 0 Å². The van der Waals surface area contributed by atoms with Gasteiger partial charge >= 0.3 is 0 Å². The maximum Gasteiger partial charge on any atom is 0.205 e. The SMILES string of the molecule is CC(C)Oc1c(Cl)cc(Cl)cc1CC[C@H]1CCCN(c2nc3nc(Cl)ccc3[nH]2)C1. The lowest BCUT2D eigenvalue weighted by atomic mass is 9.91. The molecule has 1 N–H and O–H groups in total. The van der Waals surface area contributed by atoms with Crippen LogP contribution < -0.4 is 9.64 Å². The fraction of sp³-hybridized carbons (Fsp3) is 0.455. The zero-order valence-electron chi connectivity index (χ0n) is 17.1. The summed E-state index contributed by atoms with van der Waals surface area (Å²) in [4.78, 5) is 14.6. The summed E-state index contributed by atoms with van der Waals surface area (Å²) in [5.74, 6) is 2.16. The number of anilines is 1. The van der Waals surface area contributed by atoms with Gasteiger partial charge < -0.3 is 14.6 Å². The second kappa shape index (κ2) is 9.21. The Morgan fingerprint density at radius 1 is 1.20 bits per heavy atom. The monoisotopic (exact) mass is 466 g/mol. The van der Waals surface area contributed by atoms with Gasteiger partial charge in [0.05, 0.1) is 16.6 Å². The van der Waals surface area contributed by atoms with Gasteiger partial charge in [-0.3, -0.25) is 0 Å². The lowest BCUT2D eigenvalue weighted by Crippen LogP contribution is -2.36. The Morgan fingerprint density at radius 2 is 2.03 bits per heavy atom. The number of aromatic nitrogens is 3. The Morgan fingerprint density at radius 3 is 2.83 bits per heavy atom. The molecule has 1 aliphatic heterocycles. The van der Waals surface area contributed by atoms with Crippen LogP contribution in [-0.2, 0) is 6.42 Å². The average molecular weight is 468 g/mol. The number of nitrogens with one attached hydrogen (secondary N) is 1. The molecule has 0 aliphatic carbocycles. The van der Waals surface area contributed by atoms with E-state index in [-0.39, 0.29) is 6.10 Å². The van der Waals surface area contributed by atoms with Crippen molar-refractivity contribution in [3.63, 3.8) is 0 Å². The molecule has 0 unspecified atom stereocenters. The molecule has 2 aromatic heterocycles. The van der Waals surface area contributed by atoms with E-state index in [1.54, 1.807) is 12.1 Å². The van der Waals surface area contributed by atoms with Crippen molar-refractivity contribution >= 4 is 51.9 Å². The van der Waals surface area contributed by atoms with E-state index in [2.05, 4.69) is 19.9 Å². The number of hydrogen-bond donors (Lipinski definition) is 1. The van der Waals surface area contributed by atoms with Crippen molar-refractivity contribution in [2.45, 2.75) is 45.6 Å². The lowest BCUT2D eigenvalue weighted by Gasteiger charge is -2.32. The summed E-state index contributed by atoms with van der Waals surface area (Å²) in [5, 5.41) is 1.67. The van der Waals surface area contributed by atoms with Gasteiger partial charge in [0.1, 0.15) is 10.9 Å². The third-order valence-corrected chi connectivity index (χ3v) is 6.09. The molecule has 0 spiro atoms. The summed E-state index contributed by atoms with van der Waals surface area (Å²) in [5.41, 5.74) is 2.63. The smallest absolute Gasteiger partial charge is 0.205 e. The van der Waals surface area contributed by atoms with Crippen LogP contribution in [0.1, 0.15) is 38.7 Å². The molecule has 160 valence electrons. The Balaban J connectivity index is 1.45. The maximum atomic E-state index is 6.41. The Bertz CT molecular complexity index is 1040. The van der Waals surface area contributed by atoms with Gasteiger partial charge in [-0.05, 0) is 75.3 Å². The van der Waals surface area contributed by atoms with Crippen molar-refractivity contribution in [2.75, 3.05) is 18.0 Å². The lowest BCUT2D eigenvalue weighted by molar-refractivity contribution is 0.239. The summed E-state index contributed by atoms with van der Waals surface area (Å²) >= 11 is 18.7. The van der Waals surface area contributed by atoms with Crippen molar-refractivity contribution in [2.24, 2.45) is 5.92 Å². The minimum Gasteiger partial charge on any atom is -0.489 e. The number of aromatic amines is 1. The summed E-state index contributed by atoms with van der Waals surface area (Å²) in [6.45, 7) is 5.93. The van der Waals surface area contributed by atoms with Crippen LogP contribution >= 0.6 is 34.8 Å². The number of benzene rings is 1. The Labute approximate surface area is 191 Å². The van der Waals surface area contributed by atoms with Gasteiger partial charge in [0.2, 0.25) is 5.95 Å². The van der Waals surface area contributed by atoms with Crippen LogP contribution in [0, 0.1) is 5.92 Å². The Hall–Kier alpha value is -1.69. The molecule has 30 heavy (non-hydrogen) atoms. The van der Waals surface area contributed by atoms with Crippen LogP contribution in [-0.4, -0.2) is 34.1 Å². The van der Waals surface area contributed by atoms with E-state index in [0.717, 1.165) is 55.1 Å². The number of aryl methyl sites for hydroxylation is 1. The normalized spacial score (nSPS) is 17.1. The van der Waals surface area contributed by atoms with Gasteiger partial charge in [-0.25, -0.2) is 4.98 Å². The summed E-state index contributed by atoms with van der Waals surface area (Å²) in [7, 11) is 0. The number of rotatable bonds is 6. The molecule has 0 bridgehead atoms. The fourth-order valence-corrected chi connectivity index (χ4v) is 4.75. The highest BCUT2D eigenvalue weighted by molar-refractivity contribution is 6.35. The van der Waals surface area contributed by atoms with Crippen LogP contribution in [0.4, 0.5) is 5.95 Å². The number of ether oxygens (including phenoxy) is 1. The summed E-state index contributed by atoms with van der Waals surface area (Å²) in [6.07, 6.45) is 4.28. The fourth-order valence-electron chi connectivity index (χ4n) is 4.03. The zero-order chi connectivity index (χ0) is 21.3. The van der Waals surface area contributed by atoms with Crippen molar-refractivity contribution in [3.05, 3.63) is 45.0 Å². The van der Waals surface area contributed by atoms with E-state index in [4.69, 9.17) is 39.5 Å². The summed E-state index contributed by atoms with van der Waals surface area (Å²) in [6, 6.07) is 7.41. The second-order valence-corrected chi connectivity index (χ2v) is 9.33. The minimum atomic E-state index is 0.0581. The third-order valence-electron chi connectivity index (χ3n) is 5.38. The molecule has 0 radical (unpaired) electrons. The van der Waals surface area contributed by atoms with Crippen molar-refractivity contribution in [3.8, 4) is 5.75 Å². The van der Waals surface area contributed by atoms with Crippen LogP contribution in [0.25, 0.3) is 11.2 Å². The van der Waals surface area contributed by atoms with Crippen LogP contribution in [0.5, 0.6) is 5.75 Å². The average Bonchev–Trinajstić information content (AvgIpc) is 3.12. The predicted octanol–water partition coefficient (Wildman–Crippen LogP) is 6.55. The van der Waals surface area contributed by atoms with E-state index in [0.29, 0.717) is 26.8 Å². The van der Waals surface area contributed by atoms with Crippen LogP contribution in [0.15, 0.2) is 24.3 Å². The number of hydrogen-bond acceptors (Lipinski definition) is 4. The third kappa shape index (κ3) is 4.96. The second-order valence-electron chi connectivity index (χ2n) is 8.10. The maximum absolute atomic E-state index is 6.41. The van der Waals surface area contributed by atoms with E-state index in [1.807, 2.05) is 26.0 Å². The van der Waals surface area contributed by atoms with Gasteiger partial charge in [-0.2, -0.15) is 4.98 Å². The van der Waals surface area contributed by atoms with Gasteiger partial charge in [-0.1, -0.05) is 34.8 Å². The molecule has 1 aliphatic rings. The molecule has 1 atom stereocenters. The van der Waals surface area contributed by atoms with Crippen LogP contribution in [0.2, 0.25) is 15.2 Å². The molecule has 5 nitrogen and oxygen atoms in total. The standard InChI is InChI=1S/C22H25Cl3N4O/c1-13(2)30-20-15(10-16(23)11-17(20)24)6-5-14-4-3-9-29(12-14)22-26-18-7-8-19(25)27-21(18)28-22/h7-8,10-11,13-14H,3-6,9,12H2,1-2H3,(H,26,27,28)/t14-/m1/s1. The number of piperidine rings is 1. The number of nitrogens with zero attached hydrogens (tertiary/aromatic N) is 3. The quantitative estimate of drug-likeness (QED) is 0.417. The molecule has 0 saturated carbocycles. The topological polar surface area (TPSA) is 54.0 Å². The first-order valence-corrected chi connectivity index (χ1v) is 11.4. The highest BCUT2D eigenvalue weighted by Crippen LogP contribution is 2.35. The molecular formula is C22H25Cl3N4O. The predicted molar refractivity (Wildman–Crippen MR) is 124 cm³/mol. The molecule has 3 heterocycles. The zero-order valence-corrected chi connectivity index (χ0v) is 19.4. The number of fused-ring (bicyclic) bond motifs is 1.